The van der Waals surface area contributed by atoms with Gasteiger partial charge in [0.2, 0.25) is 15.9 Å². The van der Waals surface area contributed by atoms with Crippen molar-refractivity contribution in [1.82, 2.24) is 40.1 Å². The Labute approximate surface area is 347 Å². The van der Waals surface area contributed by atoms with Crippen molar-refractivity contribution in [2.45, 2.75) is 42.0 Å². The van der Waals surface area contributed by atoms with E-state index in [9.17, 15) is 35.2 Å². The first-order valence-electron chi connectivity index (χ1n) is 17.5. The minimum absolute atomic E-state index is 0.0273. The van der Waals surface area contributed by atoms with Gasteiger partial charge in [-0.15, -0.1) is 11.3 Å². The van der Waals surface area contributed by atoms with Crippen LogP contribution >= 0.6 is 33.9 Å². The molecule has 1 aliphatic carbocycles. The van der Waals surface area contributed by atoms with Gasteiger partial charge in [0.15, 0.2) is 11.5 Å². The summed E-state index contributed by atoms with van der Waals surface area (Å²) in [5.74, 6) is -8.16. The summed E-state index contributed by atoms with van der Waals surface area (Å²) in [6, 6.07) is 9.93. The molecular weight excluding hydrogens is 942 g/mol. The highest BCUT2D eigenvalue weighted by Crippen LogP contribution is 2.58. The summed E-state index contributed by atoms with van der Waals surface area (Å²) in [5.41, 5.74) is -0.444. The van der Waals surface area contributed by atoms with Gasteiger partial charge in [-0.05, 0) is 53.4 Å². The van der Waals surface area contributed by atoms with Gasteiger partial charge in [0, 0.05) is 51.2 Å². The summed E-state index contributed by atoms with van der Waals surface area (Å²) in [6.45, 7) is 0.0573. The average molecular weight is 972 g/mol. The second kappa shape index (κ2) is 14.6. The van der Waals surface area contributed by atoms with Crippen LogP contribution in [0.1, 0.15) is 45.0 Å². The maximum absolute atomic E-state index is 15.6. The summed E-state index contributed by atoms with van der Waals surface area (Å²) in [5, 5.41) is 18.3. The first-order valence-corrected chi connectivity index (χ1v) is 21.5. The number of aryl methyl sites for hydroxylation is 1. The van der Waals surface area contributed by atoms with Gasteiger partial charge in [0.05, 0.1) is 34.2 Å². The monoisotopic (exact) mass is 971 g/mol. The molecule has 1 amide bonds. The maximum Gasteiger partial charge on any atom is 0.435 e. The molecule has 308 valence electrons. The van der Waals surface area contributed by atoms with Crippen LogP contribution in [0.5, 0.6) is 0 Å². The number of hydrogen-bond donors (Lipinski definition) is 3. The minimum atomic E-state index is -5.10. The molecule has 0 saturated heterocycles. The number of nitrogens with zero attached hydrogens (tertiary/aromatic N) is 6. The number of hydrogen-bond acceptors (Lipinski definition) is 8. The Kier molecular flexibility index (Phi) is 10.0. The van der Waals surface area contributed by atoms with Crippen LogP contribution in [0.3, 0.4) is 0 Å². The first kappa shape index (κ1) is 40.7. The number of para-hydroxylation sites is 1. The van der Waals surface area contributed by atoms with Crippen molar-refractivity contribution >= 4 is 76.8 Å². The molecule has 12 nitrogen and oxygen atoms in total. The number of nitrogens with one attached hydrogen (secondary N) is 3. The number of alkyl halides is 6. The maximum atomic E-state index is 15.6. The number of halogens is 8. The first-order chi connectivity index (χ1) is 27.7. The quantitative estimate of drug-likeness (QED) is 0.0707. The van der Waals surface area contributed by atoms with E-state index in [-0.39, 0.29) is 17.8 Å². The lowest BCUT2D eigenvalue weighted by Gasteiger charge is -2.24. The van der Waals surface area contributed by atoms with E-state index in [2.05, 4.69) is 30.4 Å². The Bertz CT molecular complexity index is 2890. The van der Waals surface area contributed by atoms with E-state index in [4.69, 9.17) is 4.98 Å². The largest absolute Gasteiger partial charge is 0.435 e. The molecule has 1 aliphatic rings. The van der Waals surface area contributed by atoms with E-state index < -0.39 is 79.0 Å². The van der Waals surface area contributed by atoms with E-state index in [1.807, 2.05) is 0 Å². The second-order valence-electron chi connectivity index (χ2n) is 14.1. The molecule has 8 rings (SSSR count). The lowest BCUT2D eigenvalue weighted by Crippen LogP contribution is -2.35. The molecular formula is C37H29F7IN9O3S2. The van der Waals surface area contributed by atoms with Crippen LogP contribution in [0.25, 0.3) is 42.8 Å². The zero-order chi connectivity index (χ0) is 42.3. The molecule has 3 N–H and O–H groups in total. The minimum Gasteiger partial charge on any atom is -0.347 e. The predicted octanol–water partition coefficient (Wildman–Crippen LogP) is 8.42. The fourth-order valence-electron chi connectivity index (χ4n) is 7.45. The number of carbonyl (C=O) groups is 1. The Balaban J connectivity index is 1.31. The number of fused-ring (bicyclic) bond motifs is 3. The topological polar surface area (TPSA) is 152 Å². The molecule has 3 aromatic carbocycles. The number of aromatic amines is 1. The summed E-state index contributed by atoms with van der Waals surface area (Å²) >= 11 is 2.82. The molecule has 4 aromatic heterocycles. The number of H-pyrrole nitrogens is 1. The van der Waals surface area contributed by atoms with Crippen LogP contribution in [0.2, 0.25) is 0 Å². The van der Waals surface area contributed by atoms with Gasteiger partial charge >= 0.3 is 6.18 Å². The number of carbonyl (C=O) groups excluding carboxylic acids is 1. The molecule has 0 spiro atoms. The fraction of sp³-hybridized carbons (Fsp3) is 0.270. The number of thiazole rings is 1. The van der Waals surface area contributed by atoms with Gasteiger partial charge in [-0.1, -0.05) is 41.6 Å². The van der Waals surface area contributed by atoms with Crippen LogP contribution in [-0.4, -0.2) is 55.3 Å². The smallest absolute Gasteiger partial charge is 0.347 e. The normalized spacial score (nSPS) is 17.1. The molecule has 59 heavy (non-hydrogen) atoms. The van der Waals surface area contributed by atoms with Crippen molar-refractivity contribution in [3.05, 3.63) is 101 Å². The number of amides is 1. The Morgan fingerprint density at radius 1 is 1.08 bits per heavy atom. The summed E-state index contributed by atoms with van der Waals surface area (Å²) in [6.07, 6.45) is -1.23. The third-order valence-corrected chi connectivity index (χ3v) is 13.3. The van der Waals surface area contributed by atoms with Crippen LogP contribution in [-0.2, 0) is 46.9 Å². The van der Waals surface area contributed by atoms with Crippen molar-refractivity contribution in [2.75, 3.05) is 11.0 Å². The molecule has 0 radical (unpaired) electrons. The van der Waals surface area contributed by atoms with Gasteiger partial charge in [0.25, 0.3) is 5.92 Å². The predicted molar refractivity (Wildman–Crippen MR) is 213 cm³/mol. The molecule has 22 heteroatoms. The number of aromatic nitrogens is 7. The van der Waals surface area contributed by atoms with E-state index in [1.54, 1.807) is 49.8 Å². The third kappa shape index (κ3) is 7.53. The van der Waals surface area contributed by atoms with Crippen LogP contribution in [0.15, 0.2) is 60.9 Å². The molecule has 0 aliphatic heterocycles. The molecule has 0 saturated carbocycles. The lowest BCUT2D eigenvalue weighted by molar-refractivity contribution is -0.142. The van der Waals surface area contributed by atoms with Gasteiger partial charge < -0.3 is 5.32 Å². The Hall–Kier alpha value is -5.10. The van der Waals surface area contributed by atoms with E-state index >= 15 is 8.78 Å². The van der Waals surface area contributed by atoms with Crippen LogP contribution < -0.4 is 10.0 Å². The van der Waals surface area contributed by atoms with Crippen LogP contribution in [0.4, 0.5) is 36.6 Å². The third-order valence-electron chi connectivity index (χ3n) is 9.97. The van der Waals surface area contributed by atoms with Gasteiger partial charge in [0.1, 0.15) is 28.9 Å². The fourth-order valence-corrected chi connectivity index (χ4v) is 9.96. The summed E-state index contributed by atoms with van der Waals surface area (Å²) < 4.78 is 131. The number of rotatable bonds is 10. The Morgan fingerprint density at radius 2 is 1.81 bits per heavy atom. The standard InChI is InChI=1S/C37H29F7IN9O3S2/c1-16-30(45)29-32(37(42,43)44)50-54(33(29)36(16,40)41)15-28(55)48-25(9-17-7-19(38)10-20(39)8-17)24-11-26-27(58-35(49-26)18-13-46-47-14-18)12-23(24)21-5-4-6-22-31(21)53(2)51-34(22)52-59(3,56)57/h4-8,10-14,16,25,30H,9,15H2,1-3H3,(H,46,47)(H,48,55)(H,51,52)/t16-,25?,30+/m1/s1. The average Bonchev–Trinajstić information content (AvgIpc) is 3.96. The molecule has 4 heterocycles. The van der Waals surface area contributed by atoms with Crippen molar-refractivity contribution in [2.24, 2.45) is 13.0 Å². The number of anilines is 1. The SMILES string of the molecule is C[C@@H]1[C@H](I)c2c(C(F)(F)F)nn(CC(=O)NC(Cc3cc(F)cc(F)c3)c3cc4nc(-c5cn[nH]c5)sc4cc3-c3cccc4c(NS(C)(=O)=O)nn(C)c34)c2C1(F)F. The Morgan fingerprint density at radius 3 is 2.47 bits per heavy atom. The van der Waals surface area contributed by atoms with E-state index in [1.165, 1.54) is 38.6 Å². The molecule has 7 aromatic rings. The summed E-state index contributed by atoms with van der Waals surface area (Å²) in [4.78, 5) is 18.8. The lowest BCUT2D eigenvalue weighted by atomic mass is 9.90. The van der Waals surface area contributed by atoms with E-state index in [0.29, 0.717) is 59.1 Å². The molecule has 1 unspecified atom stereocenters. The second-order valence-corrected chi connectivity index (χ2v) is 18.3. The summed E-state index contributed by atoms with van der Waals surface area (Å²) in [7, 11) is -2.18. The molecule has 0 fully saturated rings. The van der Waals surface area contributed by atoms with Crippen LogP contribution in [0, 0.1) is 17.6 Å². The zero-order valence-corrected chi connectivity index (χ0v) is 34.5. The van der Waals surface area contributed by atoms with Gasteiger partial charge in [-0.3, -0.25) is 24.0 Å². The highest BCUT2D eigenvalue weighted by Gasteiger charge is 2.58. The van der Waals surface area contributed by atoms with Crippen molar-refractivity contribution < 1.29 is 43.9 Å². The van der Waals surface area contributed by atoms with Gasteiger partial charge in [-0.25, -0.2) is 22.2 Å². The molecule has 3 atom stereocenters. The highest BCUT2D eigenvalue weighted by molar-refractivity contribution is 14.1. The zero-order valence-electron chi connectivity index (χ0n) is 30.7. The number of sulfonamides is 1. The van der Waals surface area contributed by atoms with Gasteiger partial charge in [-0.2, -0.15) is 37.2 Å². The molecule has 0 bridgehead atoms. The highest BCUT2D eigenvalue weighted by atomic mass is 127. The van der Waals surface area contributed by atoms with Crippen molar-refractivity contribution in [3.63, 3.8) is 0 Å². The van der Waals surface area contributed by atoms with Crippen molar-refractivity contribution in [3.8, 4) is 21.7 Å². The van der Waals surface area contributed by atoms with E-state index in [0.717, 1.165) is 25.3 Å². The van der Waals surface area contributed by atoms with Crippen molar-refractivity contribution in [1.29, 1.82) is 0 Å². The number of benzene rings is 3.